The first-order valence-electron chi connectivity index (χ1n) is 16.1. The van der Waals surface area contributed by atoms with Crippen molar-refractivity contribution in [2.24, 2.45) is 52.3 Å². The molecule has 4 aliphatic rings. The van der Waals surface area contributed by atoms with Gasteiger partial charge in [0.1, 0.15) is 5.75 Å². The fourth-order valence-corrected chi connectivity index (χ4v) is 10.4. The number of hydrogen-bond donors (Lipinski definition) is 0. The molecule has 1 heteroatoms. The number of benzene rings is 1. The topological polar surface area (TPSA) is 9.23 Å². The summed E-state index contributed by atoms with van der Waals surface area (Å²) in [5.41, 5.74) is 3.59. The average molecular weight is 505 g/mol. The van der Waals surface area contributed by atoms with Crippen molar-refractivity contribution in [3.05, 3.63) is 36.4 Å². The van der Waals surface area contributed by atoms with E-state index in [4.69, 9.17) is 4.74 Å². The summed E-state index contributed by atoms with van der Waals surface area (Å²) in [6, 6.07) is 8.42. The van der Waals surface area contributed by atoms with E-state index < -0.39 is 0 Å². The maximum Gasteiger partial charge on any atom is 0.119 e. The first kappa shape index (κ1) is 27.3. The highest BCUT2D eigenvalue weighted by molar-refractivity contribution is 5.61. The zero-order chi connectivity index (χ0) is 26.2. The van der Waals surface area contributed by atoms with Crippen LogP contribution in [0.5, 0.6) is 5.75 Å². The fraction of sp³-hybridized carbons (Fsp3) is 0.778. The Morgan fingerprint density at radius 1 is 0.892 bits per heavy atom. The van der Waals surface area contributed by atoms with E-state index in [9.17, 15) is 0 Å². The Hall–Kier alpha value is -1.24. The summed E-state index contributed by atoms with van der Waals surface area (Å²) in [5, 5.41) is 0. The van der Waals surface area contributed by atoms with Crippen molar-refractivity contribution in [1.29, 1.82) is 0 Å². The maximum absolute atomic E-state index is 6.11. The molecule has 206 valence electrons. The molecule has 0 amide bonds. The summed E-state index contributed by atoms with van der Waals surface area (Å²) in [5.74, 6) is 7.56. The van der Waals surface area contributed by atoms with Gasteiger partial charge in [0.25, 0.3) is 0 Å². The monoisotopic (exact) mass is 504 g/mol. The van der Waals surface area contributed by atoms with Crippen LogP contribution in [0.25, 0.3) is 5.57 Å². The van der Waals surface area contributed by atoms with Crippen molar-refractivity contribution < 1.29 is 4.74 Å². The largest absolute Gasteiger partial charge is 0.493 e. The van der Waals surface area contributed by atoms with Crippen LogP contribution < -0.4 is 4.74 Å². The van der Waals surface area contributed by atoms with Gasteiger partial charge in [-0.15, -0.1) is 0 Å². The normalized spacial score (nSPS) is 38.7. The molecule has 4 saturated carbocycles. The van der Waals surface area contributed by atoms with Gasteiger partial charge in [-0.05, 0) is 135 Å². The molecule has 2 unspecified atom stereocenters. The first-order chi connectivity index (χ1) is 17.7. The molecular weight excluding hydrogens is 448 g/mol. The predicted molar refractivity (Wildman–Crippen MR) is 159 cm³/mol. The third kappa shape index (κ3) is 5.32. The number of ether oxygens (including phenoxy) is 1. The van der Waals surface area contributed by atoms with Gasteiger partial charge in [-0.2, -0.15) is 0 Å². The van der Waals surface area contributed by atoms with Crippen LogP contribution in [0, 0.1) is 52.3 Å². The lowest BCUT2D eigenvalue weighted by Gasteiger charge is -2.61. The number of allylic oxidation sites excluding steroid dienone is 1. The first-order valence-corrected chi connectivity index (χ1v) is 16.1. The highest BCUT2D eigenvalue weighted by Crippen LogP contribution is 2.68. The summed E-state index contributed by atoms with van der Waals surface area (Å²) in [4.78, 5) is 0. The fourth-order valence-electron chi connectivity index (χ4n) is 10.4. The molecule has 37 heavy (non-hydrogen) atoms. The quantitative estimate of drug-likeness (QED) is 0.325. The zero-order valence-corrected chi connectivity index (χ0v) is 24.9. The molecule has 0 N–H and O–H groups in total. The van der Waals surface area contributed by atoms with E-state index in [2.05, 4.69) is 65.5 Å². The molecule has 1 nitrogen and oxygen atoms in total. The molecule has 5 rings (SSSR count). The van der Waals surface area contributed by atoms with Gasteiger partial charge in [-0.3, -0.25) is 0 Å². The second kappa shape index (κ2) is 11.1. The minimum absolute atomic E-state index is 0.613. The van der Waals surface area contributed by atoms with Gasteiger partial charge < -0.3 is 4.74 Å². The Labute approximate surface area is 229 Å². The lowest BCUT2D eigenvalue weighted by atomic mass is 9.44. The third-order valence-electron chi connectivity index (χ3n) is 12.6. The van der Waals surface area contributed by atoms with Crippen LogP contribution in [0.4, 0.5) is 0 Å². The zero-order valence-electron chi connectivity index (χ0n) is 24.9. The van der Waals surface area contributed by atoms with Crippen LogP contribution >= 0.6 is 0 Å². The van der Waals surface area contributed by atoms with E-state index in [0.29, 0.717) is 16.7 Å². The summed E-state index contributed by atoms with van der Waals surface area (Å²) in [6.07, 6.45) is 19.3. The predicted octanol–water partition coefficient (Wildman–Crippen LogP) is 10.6. The van der Waals surface area contributed by atoms with Crippen LogP contribution in [0.15, 0.2) is 30.8 Å². The highest BCUT2D eigenvalue weighted by atomic mass is 16.5. The lowest BCUT2D eigenvalue weighted by Crippen LogP contribution is -2.53. The van der Waals surface area contributed by atoms with Crippen molar-refractivity contribution in [2.45, 2.75) is 118 Å². The van der Waals surface area contributed by atoms with Gasteiger partial charge in [0.2, 0.25) is 0 Å². The lowest BCUT2D eigenvalue weighted by molar-refractivity contribution is -0.114. The molecule has 0 spiro atoms. The Kier molecular flexibility index (Phi) is 8.19. The SMILES string of the molecule is C=C(C)c1ccc(OCC(C)CCC[C@@H](C)[C@H]2CC[C@H]3[C@@H]4CCC5CCCC[C@]5(C)[C@H]4CC[C@]23C)cc1. The van der Waals surface area contributed by atoms with Crippen LogP contribution in [-0.4, -0.2) is 6.61 Å². The standard InChI is InChI=1S/C36H56O/c1-25(2)28-13-16-30(17-14-28)37-24-26(3)10-9-11-27(4)32-19-20-33-31-18-15-29-12-7-8-22-35(29,5)34(31)21-23-36(32,33)6/h13-14,16-17,26-27,29,31-34H,1,7-12,15,18-24H2,2-6H3/t26?,27-,29?,31+,32-,33+,34+,35+,36-/m1/s1. The number of fused-ring (bicyclic) bond motifs is 5. The van der Waals surface area contributed by atoms with Gasteiger partial charge in [-0.1, -0.05) is 77.7 Å². The van der Waals surface area contributed by atoms with Crippen molar-refractivity contribution in [2.75, 3.05) is 6.61 Å². The number of hydrogen-bond acceptors (Lipinski definition) is 1. The molecule has 0 heterocycles. The van der Waals surface area contributed by atoms with Crippen molar-refractivity contribution in [1.82, 2.24) is 0 Å². The molecule has 1 aromatic carbocycles. The average Bonchev–Trinajstić information content (AvgIpc) is 3.24. The Morgan fingerprint density at radius 3 is 2.41 bits per heavy atom. The molecule has 0 aromatic heterocycles. The molecule has 4 fully saturated rings. The van der Waals surface area contributed by atoms with E-state index in [0.717, 1.165) is 53.4 Å². The maximum atomic E-state index is 6.11. The molecule has 0 saturated heterocycles. The van der Waals surface area contributed by atoms with E-state index >= 15 is 0 Å². The van der Waals surface area contributed by atoms with Gasteiger partial charge in [-0.25, -0.2) is 0 Å². The van der Waals surface area contributed by atoms with E-state index in [1.54, 1.807) is 12.8 Å². The molecular formula is C36H56O. The van der Waals surface area contributed by atoms with Gasteiger partial charge in [0.15, 0.2) is 0 Å². The molecule has 0 bridgehead atoms. The molecule has 1 aromatic rings. The summed E-state index contributed by atoms with van der Waals surface area (Å²) in [6.45, 7) is 17.3. The highest BCUT2D eigenvalue weighted by Gasteiger charge is 2.60. The van der Waals surface area contributed by atoms with Crippen molar-refractivity contribution in [3.8, 4) is 5.75 Å². The third-order valence-corrected chi connectivity index (χ3v) is 12.6. The Morgan fingerprint density at radius 2 is 1.65 bits per heavy atom. The minimum Gasteiger partial charge on any atom is -0.493 e. The van der Waals surface area contributed by atoms with E-state index in [1.807, 2.05) is 0 Å². The Balaban J connectivity index is 1.10. The molecule has 0 aliphatic heterocycles. The van der Waals surface area contributed by atoms with E-state index in [1.165, 1.54) is 76.2 Å². The van der Waals surface area contributed by atoms with Gasteiger partial charge in [0, 0.05) is 0 Å². The smallest absolute Gasteiger partial charge is 0.119 e. The van der Waals surface area contributed by atoms with Crippen molar-refractivity contribution in [3.63, 3.8) is 0 Å². The van der Waals surface area contributed by atoms with E-state index in [-0.39, 0.29) is 0 Å². The Bertz CT molecular complexity index is 915. The summed E-state index contributed by atoms with van der Waals surface area (Å²) < 4.78 is 6.11. The minimum atomic E-state index is 0.613. The van der Waals surface area contributed by atoms with Crippen LogP contribution in [0.2, 0.25) is 0 Å². The molecule has 9 atom stereocenters. The second-order valence-electron chi connectivity index (χ2n) is 14.8. The number of rotatable bonds is 9. The van der Waals surface area contributed by atoms with Crippen LogP contribution in [-0.2, 0) is 0 Å². The summed E-state index contributed by atoms with van der Waals surface area (Å²) >= 11 is 0. The van der Waals surface area contributed by atoms with Crippen LogP contribution in [0.3, 0.4) is 0 Å². The van der Waals surface area contributed by atoms with Crippen LogP contribution in [0.1, 0.15) is 124 Å². The second-order valence-corrected chi connectivity index (χ2v) is 14.8. The van der Waals surface area contributed by atoms with Gasteiger partial charge in [0.05, 0.1) is 6.61 Å². The molecule has 0 radical (unpaired) electrons. The van der Waals surface area contributed by atoms with Crippen molar-refractivity contribution >= 4 is 5.57 Å². The molecule has 4 aliphatic carbocycles. The summed E-state index contributed by atoms with van der Waals surface area (Å²) in [7, 11) is 0. The van der Waals surface area contributed by atoms with Gasteiger partial charge >= 0.3 is 0 Å².